The van der Waals surface area contributed by atoms with Crippen LogP contribution in [0, 0.1) is 10.5 Å². The zero-order chi connectivity index (χ0) is 11.9. The van der Waals surface area contributed by atoms with Crippen LogP contribution in [0.2, 0.25) is 0 Å². The normalized spacial score (nSPS) is 18.1. The summed E-state index contributed by atoms with van der Waals surface area (Å²) in [6, 6.07) is 5.23. The highest BCUT2D eigenvalue weighted by atomic mass is 127. The second kappa shape index (κ2) is 3.94. The van der Waals surface area contributed by atoms with E-state index in [1.807, 2.05) is 13.0 Å². The predicted octanol–water partition coefficient (Wildman–Crippen LogP) is 2.69. The van der Waals surface area contributed by atoms with Crippen molar-refractivity contribution in [2.45, 2.75) is 12.8 Å². The van der Waals surface area contributed by atoms with Crippen molar-refractivity contribution in [2.75, 3.05) is 13.1 Å². The van der Waals surface area contributed by atoms with Gasteiger partial charge in [-0.2, -0.15) is 0 Å². The highest BCUT2D eigenvalue weighted by molar-refractivity contribution is 14.1. The molecule has 1 aliphatic heterocycles. The molecule has 0 bridgehead atoms. The van der Waals surface area contributed by atoms with Crippen LogP contribution in [0.15, 0.2) is 18.2 Å². The molecule has 0 unspecified atom stereocenters. The first kappa shape index (κ1) is 11.8. The first-order valence-corrected chi connectivity index (χ1v) is 5.90. The Balaban J connectivity index is 2.13. The maximum absolute atomic E-state index is 12.6. The molecular formula is C11H10F2INO. The molecule has 86 valence electrons. The van der Waals surface area contributed by atoms with Crippen LogP contribution in [-0.4, -0.2) is 29.8 Å². The minimum atomic E-state index is -2.70. The van der Waals surface area contributed by atoms with Gasteiger partial charge in [0.1, 0.15) is 0 Å². The van der Waals surface area contributed by atoms with E-state index in [-0.39, 0.29) is 5.91 Å². The highest BCUT2D eigenvalue weighted by Crippen LogP contribution is 2.28. The van der Waals surface area contributed by atoms with Gasteiger partial charge in [0.25, 0.3) is 11.8 Å². The first-order chi connectivity index (χ1) is 7.39. The van der Waals surface area contributed by atoms with E-state index in [4.69, 9.17) is 0 Å². The maximum atomic E-state index is 12.6. The molecule has 1 aliphatic rings. The van der Waals surface area contributed by atoms with Crippen LogP contribution < -0.4 is 0 Å². The molecule has 2 nitrogen and oxygen atoms in total. The first-order valence-electron chi connectivity index (χ1n) is 4.82. The third-order valence-corrected chi connectivity index (χ3v) is 3.71. The van der Waals surface area contributed by atoms with Crippen LogP contribution >= 0.6 is 22.6 Å². The second-order valence-electron chi connectivity index (χ2n) is 3.98. The lowest BCUT2D eigenvalue weighted by Gasteiger charge is -2.38. The predicted molar refractivity (Wildman–Crippen MR) is 64.7 cm³/mol. The lowest BCUT2D eigenvalue weighted by atomic mass is 10.1. The van der Waals surface area contributed by atoms with Crippen LogP contribution in [-0.2, 0) is 0 Å². The number of alkyl halides is 2. The number of rotatable bonds is 1. The number of aryl methyl sites for hydroxylation is 1. The molecule has 0 N–H and O–H groups in total. The van der Waals surface area contributed by atoms with Crippen molar-refractivity contribution in [1.29, 1.82) is 0 Å². The smallest absolute Gasteiger partial charge is 0.282 e. The van der Waals surface area contributed by atoms with Crippen LogP contribution in [0.3, 0.4) is 0 Å². The number of benzene rings is 1. The lowest BCUT2D eigenvalue weighted by Crippen LogP contribution is -2.58. The Morgan fingerprint density at radius 2 is 2.06 bits per heavy atom. The second-order valence-corrected chi connectivity index (χ2v) is 5.14. The molecule has 1 amide bonds. The SMILES string of the molecule is Cc1ccc(C(=O)N2CC(F)(F)C2)cc1I. The number of likely N-dealkylation sites (tertiary alicyclic amines) is 1. The average molecular weight is 337 g/mol. The van der Waals surface area contributed by atoms with E-state index in [9.17, 15) is 13.6 Å². The van der Waals surface area contributed by atoms with Gasteiger partial charge in [0.15, 0.2) is 0 Å². The molecule has 5 heteroatoms. The highest BCUT2D eigenvalue weighted by Gasteiger charge is 2.46. The number of carbonyl (C=O) groups is 1. The molecule has 1 heterocycles. The summed E-state index contributed by atoms with van der Waals surface area (Å²) in [6.07, 6.45) is 0. The van der Waals surface area contributed by atoms with Gasteiger partial charge in [0.2, 0.25) is 0 Å². The summed E-state index contributed by atoms with van der Waals surface area (Å²) in [7, 11) is 0. The van der Waals surface area contributed by atoms with E-state index < -0.39 is 19.0 Å². The number of carbonyl (C=O) groups excluding carboxylic acids is 1. The summed E-state index contributed by atoms with van der Waals surface area (Å²) < 4.78 is 26.2. The van der Waals surface area contributed by atoms with Gasteiger partial charge in [0, 0.05) is 9.13 Å². The van der Waals surface area contributed by atoms with Gasteiger partial charge in [-0.1, -0.05) is 6.07 Å². The summed E-state index contributed by atoms with van der Waals surface area (Å²) in [4.78, 5) is 12.9. The molecule has 1 saturated heterocycles. The van der Waals surface area contributed by atoms with Crippen molar-refractivity contribution in [1.82, 2.24) is 4.90 Å². The van der Waals surface area contributed by atoms with Crippen molar-refractivity contribution in [2.24, 2.45) is 0 Å². The van der Waals surface area contributed by atoms with E-state index in [1.54, 1.807) is 12.1 Å². The molecule has 0 saturated carbocycles. The molecule has 0 aromatic heterocycles. The Kier molecular flexibility index (Phi) is 2.90. The van der Waals surface area contributed by atoms with Gasteiger partial charge in [-0.05, 0) is 47.2 Å². The van der Waals surface area contributed by atoms with Crippen LogP contribution in [0.25, 0.3) is 0 Å². The molecule has 0 spiro atoms. The Hall–Kier alpha value is -0.720. The molecule has 0 radical (unpaired) electrons. The molecule has 1 aromatic carbocycles. The lowest BCUT2D eigenvalue weighted by molar-refractivity contribution is -0.113. The van der Waals surface area contributed by atoms with E-state index in [0.29, 0.717) is 5.56 Å². The Morgan fingerprint density at radius 1 is 1.44 bits per heavy atom. The van der Waals surface area contributed by atoms with Crippen LogP contribution in [0.5, 0.6) is 0 Å². The largest absolute Gasteiger partial charge is 0.326 e. The van der Waals surface area contributed by atoms with Gasteiger partial charge < -0.3 is 4.90 Å². The minimum Gasteiger partial charge on any atom is -0.326 e. The fourth-order valence-electron chi connectivity index (χ4n) is 1.56. The third kappa shape index (κ3) is 2.18. The summed E-state index contributed by atoms with van der Waals surface area (Å²) >= 11 is 2.12. The third-order valence-electron chi connectivity index (χ3n) is 2.55. The average Bonchev–Trinajstić information content (AvgIpc) is 2.17. The van der Waals surface area contributed by atoms with Crippen LogP contribution in [0.4, 0.5) is 8.78 Å². The maximum Gasteiger partial charge on any atom is 0.282 e. The zero-order valence-electron chi connectivity index (χ0n) is 8.64. The summed E-state index contributed by atoms with van der Waals surface area (Å²) in [5.41, 5.74) is 1.55. The zero-order valence-corrected chi connectivity index (χ0v) is 10.8. The quantitative estimate of drug-likeness (QED) is 0.722. The standard InChI is InChI=1S/C11H10F2INO/c1-7-2-3-8(4-9(7)14)10(16)15-5-11(12,13)6-15/h2-4H,5-6H2,1H3. The number of hydrogen-bond acceptors (Lipinski definition) is 1. The summed E-state index contributed by atoms with van der Waals surface area (Å²) in [5.74, 6) is -3.02. The number of nitrogens with zero attached hydrogens (tertiary/aromatic N) is 1. The van der Waals surface area contributed by atoms with Gasteiger partial charge in [-0.3, -0.25) is 4.79 Å². The molecule has 2 rings (SSSR count). The van der Waals surface area contributed by atoms with Gasteiger partial charge in [-0.15, -0.1) is 0 Å². The van der Waals surface area contributed by atoms with Gasteiger partial charge in [-0.25, -0.2) is 8.78 Å². The van der Waals surface area contributed by atoms with E-state index in [1.165, 1.54) is 4.90 Å². The van der Waals surface area contributed by atoms with Crippen molar-refractivity contribution >= 4 is 28.5 Å². The molecule has 16 heavy (non-hydrogen) atoms. The topological polar surface area (TPSA) is 20.3 Å². The fraction of sp³-hybridized carbons (Fsp3) is 0.364. The number of amides is 1. The van der Waals surface area contributed by atoms with Gasteiger partial charge >= 0.3 is 0 Å². The number of halogens is 3. The fourth-order valence-corrected chi connectivity index (χ4v) is 2.08. The Labute approximate surface area is 106 Å². The van der Waals surface area contributed by atoms with Gasteiger partial charge in [0.05, 0.1) is 13.1 Å². The molecule has 0 atom stereocenters. The Bertz CT molecular complexity index is 440. The van der Waals surface area contributed by atoms with Crippen molar-refractivity contribution < 1.29 is 13.6 Å². The summed E-state index contributed by atoms with van der Waals surface area (Å²) in [6.45, 7) is 1.01. The molecule has 1 fully saturated rings. The van der Waals surface area contributed by atoms with Crippen molar-refractivity contribution in [3.8, 4) is 0 Å². The number of hydrogen-bond donors (Lipinski definition) is 0. The molecular weight excluding hydrogens is 327 g/mol. The molecule has 0 aliphatic carbocycles. The van der Waals surface area contributed by atoms with E-state index in [2.05, 4.69) is 22.6 Å². The van der Waals surface area contributed by atoms with Crippen molar-refractivity contribution in [3.63, 3.8) is 0 Å². The van der Waals surface area contributed by atoms with Crippen molar-refractivity contribution in [3.05, 3.63) is 32.9 Å². The van der Waals surface area contributed by atoms with E-state index in [0.717, 1.165) is 9.13 Å². The Morgan fingerprint density at radius 3 is 2.56 bits per heavy atom. The van der Waals surface area contributed by atoms with Crippen LogP contribution in [0.1, 0.15) is 15.9 Å². The minimum absolute atomic E-state index is 0.316. The molecule has 1 aromatic rings. The van der Waals surface area contributed by atoms with E-state index >= 15 is 0 Å². The monoisotopic (exact) mass is 337 g/mol. The summed E-state index contributed by atoms with van der Waals surface area (Å²) in [5, 5.41) is 0.